The number of imidazole rings is 1. The van der Waals surface area contributed by atoms with Crippen LogP contribution in [0.3, 0.4) is 0 Å². The molecule has 2 heterocycles. The minimum Gasteiger partial charge on any atom is -0.504 e. The van der Waals surface area contributed by atoms with E-state index in [1.807, 2.05) is 37.3 Å². The van der Waals surface area contributed by atoms with E-state index in [0.29, 0.717) is 12.3 Å². The Kier molecular flexibility index (Phi) is 6.61. The number of para-hydroxylation sites is 2. The van der Waals surface area contributed by atoms with Crippen LogP contribution in [-0.2, 0) is 13.0 Å². The number of rotatable bonds is 4. The summed E-state index contributed by atoms with van der Waals surface area (Å²) in [6, 6.07) is 11.3. The average Bonchev–Trinajstić information content (AvgIpc) is 2.91. The number of phenolic OH excluding ortho intramolecular Hbond substituents is 1. The summed E-state index contributed by atoms with van der Waals surface area (Å²) in [4.78, 5) is 14.4. The number of hydrogen-bond acceptors (Lipinski definition) is 5. The third-order valence-corrected chi connectivity index (χ3v) is 5.21. The van der Waals surface area contributed by atoms with E-state index in [2.05, 4.69) is 4.98 Å². The Morgan fingerprint density at radius 3 is 2.79 bits per heavy atom. The molecule has 1 aromatic heterocycles. The van der Waals surface area contributed by atoms with Gasteiger partial charge in [0.25, 0.3) is 0 Å². The Balaban J connectivity index is 0.000000166. The second kappa shape index (κ2) is 9.15. The van der Waals surface area contributed by atoms with Crippen molar-refractivity contribution < 1.29 is 14.9 Å². The van der Waals surface area contributed by atoms with E-state index in [9.17, 15) is 15.0 Å². The van der Waals surface area contributed by atoms with E-state index >= 15 is 0 Å². The molecule has 0 radical (unpaired) electrons. The number of H-pyrrole nitrogens is 1. The van der Waals surface area contributed by atoms with Crippen LogP contribution in [0.4, 0.5) is 0 Å². The number of aliphatic hydroxyl groups is 1. The summed E-state index contributed by atoms with van der Waals surface area (Å²) >= 11 is 0. The van der Waals surface area contributed by atoms with Crippen LogP contribution in [0.25, 0.3) is 11.0 Å². The molecule has 0 saturated carbocycles. The number of aliphatic hydroxyl groups excluding tert-OH is 1. The fraction of sp³-hybridized carbons (Fsp3) is 0.409. The quantitative estimate of drug-likeness (QED) is 0.539. The van der Waals surface area contributed by atoms with Crippen molar-refractivity contribution in [2.45, 2.75) is 51.3 Å². The third-order valence-electron chi connectivity index (χ3n) is 5.21. The van der Waals surface area contributed by atoms with Crippen LogP contribution in [0.5, 0.6) is 11.5 Å². The van der Waals surface area contributed by atoms with E-state index in [1.54, 1.807) is 17.7 Å². The van der Waals surface area contributed by atoms with Crippen LogP contribution in [0, 0.1) is 0 Å². The van der Waals surface area contributed by atoms with Gasteiger partial charge in [-0.2, -0.15) is 0 Å². The zero-order valence-corrected chi connectivity index (χ0v) is 16.9. The molecule has 4 rings (SSSR count). The van der Waals surface area contributed by atoms with Crippen LogP contribution in [0.2, 0.25) is 0 Å². The Hall–Kier alpha value is -2.77. The molecule has 156 valence electrons. The lowest BCUT2D eigenvalue weighted by atomic mass is 10.1. The van der Waals surface area contributed by atoms with Gasteiger partial charge in [0.05, 0.1) is 24.2 Å². The number of ether oxygens (including phenoxy) is 1. The number of aromatic nitrogens is 2. The Bertz CT molecular complexity index is 1020. The van der Waals surface area contributed by atoms with Crippen LogP contribution >= 0.6 is 0 Å². The highest BCUT2D eigenvalue weighted by atomic mass is 16.5. The van der Waals surface area contributed by atoms with Crippen LogP contribution in [-0.4, -0.2) is 32.9 Å². The summed E-state index contributed by atoms with van der Waals surface area (Å²) in [5.41, 5.74) is 9.01. The number of benzene rings is 2. The summed E-state index contributed by atoms with van der Waals surface area (Å²) < 4.78 is 6.73. The molecule has 2 unspecified atom stereocenters. The van der Waals surface area contributed by atoms with Gasteiger partial charge in [-0.1, -0.05) is 24.3 Å². The number of nitrogens with two attached hydrogens (primary N) is 1. The molecular weight excluding hydrogens is 370 g/mol. The number of aromatic hydroxyl groups is 1. The van der Waals surface area contributed by atoms with Gasteiger partial charge in [0.1, 0.15) is 0 Å². The topological polar surface area (TPSA) is 114 Å². The normalized spacial score (nSPS) is 16.6. The number of nitrogens with one attached hydrogen (secondary N) is 1. The van der Waals surface area contributed by atoms with Gasteiger partial charge in [-0.15, -0.1) is 0 Å². The molecule has 2 atom stereocenters. The molecule has 1 aliphatic heterocycles. The predicted molar refractivity (Wildman–Crippen MR) is 113 cm³/mol. The van der Waals surface area contributed by atoms with Gasteiger partial charge < -0.3 is 25.7 Å². The van der Waals surface area contributed by atoms with Crippen molar-refractivity contribution in [3.8, 4) is 11.5 Å². The smallest absolute Gasteiger partial charge is 0.326 e. The molecule has 0 saturated heterocycles. The molecule has 0 bridgehead atoms. The summed E-state index contributed by atoms with van der Waals surface area (Å²) in [6.07, 6.45) is 2.75. The summed E-state index contributed by atoms with van der Waals surface area (Å²) in [7, 11) is 1.55. The maximum Gasteiger partial charge on any atom is 0.326 e. The maximum absolute atomic E-state index is 11.6. The first-order chi connectivity index (χ1) is 13.9. The molecule has 7 nitrogen and oxygen atoms in total. The fourth-order valence-electron chi connectivity index (χ4n) is 3.65. The monoisotopic (exact) mass is 399 g/mol. The van der Waals surface area contributed by atoms with Gasteiger partial charge in [-0.25, -0.2) is 4.79 Å². The van der Waals surface area contributed by atoms with E-state index in [-0.39, 0.29) is 17.5 Å². The van der Waals surface area contributed by atoms with Crippen molar-refractivity contribution in [1.29, 1.82) is 0 Å². The van der Waals surface area contributed by atoms with Gasteiger partial charge in [0.2, 0.25) is 0 Å². The lowest BCUT2D eigenvalue weighted by molar-refractivity contribution is 0.167. The fourth-order valence-corrected chi connectivity index (χ4v) is 3.65. The van der Waals surface area contributed by atoms with Gasteiger partial charge in [-0.05, 0) is 50.3 Å². The maximum atomic E-state index is 11.6. The highest BCUT2D eigenvalue weighted by Crippen LogP contribution is 2.30. The van der Waals surface area contributed by atoms with Crippen molar-refractivity contribution in [3.05, 3.63) is 58.0 Å². The van der Waals surface area contributed by atoms with Crippen molar-refractivity contribution in [2.75, 3.05) is 7.11 Å². The molecular formula is C22H29N3O4. The van der Waals surface area contributed by atoms with Crippen molar-refractivity contribution in [1.82, 2.24) is 9.55 Å². The summed E-state index contributed by atoms with van der Waals surface area (Å²) in [5, 5.41) is 19.7. The summed E-state index contributed by atoms with van der Waals surface area (Å²) in [5.74, 6) is 0.753. The van der Waals surface area contributed by atoms with Gasteiger partial charge in [0.15, 0.2) is 11.5 Å². The van der Waals surface area contributed by atoms with E-state index in [1.165, 1.54) is 0 Å². The minimum atomic E-state index is -0.447. The standard InChI is InChI=1S/C11H12N2O2.C11H17NO2/c14-9-5-2-6-13-10-7(9)3-1-4-8(10)12-11(13)15;1-8(12)6-7-9-4-3-5-10(14-2)11(9)13/h1,3-4,9,14H,2,5-6H2,(H,12,15);3-5,8,13H,6-7,12H2,1-2H3. The number of aryl methyl sites for hydroxylation is 2. The van der Waals surface area contributed by atoms with E-state index in [4.69, 9.17) is 10.5 Å². The third kappa shape index (κ3) is 4.63. The average molecular weight is 399 g/mol. The van der Waals surface area contributed by atoms with Crippen LogP contribution in [0.15, 0.2) is 41.2 Å². The lowest BCUT2D eigenvalue weighted by Gasteiger charge is -2.09. The Morgan fingerprint density at radius 1 is 1.31 bits per heavy atom. The van der Waals surface area contributed by atoms with Crippen molar-refractivity contribution in [2.24, 2.45) is 5.73 Å². The number of hydrogen-bond donors (Lipinski definition) is 4. The molecule has 5 N–H and O–H groups in total. The molecule has 0 fully saturated rings. The number of aromatic amines is 1. The minimum absolute atomic E-state index is 0.0773. The Morgan fingerprint density at radius 2 is 2.07 bits per heavy atom. The lowest BCUT2D eigenvalue weighted by Crippen LogP contribution is -2.16. The zero-order valence-electron chi connectivity index (χ0n) is 16.9. The Labute approximate surface area is 169 Å². The molecule has 0 aliphatic carbocycles. The van der Waals surface area contributed by atoms with Crippen molar-refractivity contribution in [3.63, 3.8) is 0 Å². The summed E-state index contributed by atoms with van der Waals surface area (Å²) in [6.45, 7) is 2.64. The van der Waals surface area contributed by atoms with Crippen LogP contribution < -0.4 is 16.2 Å². The van der Waals surface area contributed by atoms with Crippen LogP contribution in [0.1, 0.15) is 43.4 Å². The number of phenols is 1. The first kappa shape index (κ1) is 21.0. The molecule has 1 aliphatic rings. The number of nitrogens with zero attached hydrogens (tertiary/aromatic N) is 1. The molecule has 7 heteroatoms. The molecule has 2 aromatic carbocycles. The van der Waals surface area contributed by atoms with E-state index < -0.39 is 6.10 Å². The van der Waals surface area contributed by atoms with Crippen molar-refractivity contribution >= 4 is 11.0 Å². The predicted octanol–water partition coefficient (Wildman–Crippen LogP) is 2.84. The van der Waals surface area contributed by atoms with E-state index in [0.717, 1.165) is 47.8 Å². The zero-order chi connectivity index (χ0) is 21.0. The highest BCUT2D eigenvalue weighted by molar-refractivity contribution is 5.79. The first-order valence-electron chi connectivity index (χ1n) is 9.92. The second-order valence-corrected chi connectivity index (χ2v) is 7.47. The SMILES string of the molecule is COc1cccc(CCC(C)N)c1O.O=c1[nH]c2cccc3c2n1CCCC3O. The largest absolute Gasteiger partial charge is 0.504 e. The second-order valence-electron chi connectivity index (χ2n) is 7.47. The van der Waals surface area contributed by atoms with Gasteiger partial charge in [-0.3, -0.25) is 4.57 Å². The first-order valence-corrected chi connectivity index (χ1v) is 9.92. The molecule has 0 spiro atoms. The number of methoxy groups -OCH3 is 1. The highest BCUT2D eigenvalue weighted by Gasteiger charge is 2.19. The molecule has 0 amide bonds. The van der Waals surface area contributed by atoms with Gasteiger partial charge in [0, 0.05) is 18.2 Å². The molecule has 29 heavy (non-hydrogen) atoms. The van der Waals surface area contributed by atoms with Gasteiger partial charge >= 0.3 is 5.69 Å². The molecule has 3 aromatic rings.